The van der Waals surface area contributed by atoms with Crippen molar-refractivity contribution in [2.75, 3.05) is 7.05 Å². The number of likely N-dealkylation sites (N-methyl/N-ethyl adjacent to an activating group) is 1. The van der Waals surface area contributed by atoms with Gasteiger partial charge < -0.3 is 10.0 Å². The molecule has 1 rings (SSSR count). The van der Waals surface area contributed by atoms with Crippen LogP contribution in [-0.2, 0) is 9.59 Å². The number of aromatic nitrogens is 3. The topological polar surface area (TPSA) is 88.3 Å². The van der Waals surface area contributed by atoms with Gasteiger partial charge in [0.15, 0.2) is 0 Å². The zero-order valence-corrected chi connectivity index (χ0v) is 10.3. The monoisotopic (exact) mass is 240 g/mol. The first-order valence-electron chi connectivity index (χ1n) is 5.13. The van der Waals surface area contributed by atoms with Crippen LogP contribution in [0, 0.1) is 0 Å². The minimum atomic E-state index is -1.26. The summed E-state index contributed by atoms with van der Waals surface area (Å²) in [5.41, 5.74) is -1.26. The van der Waals surface area contributed by atoms with E-state index in [9.17, 15) is 9.59 Å². The molecule has 1 N–H and O–H groups in total. The van der Waals surface area contributed by atoms with Gasteiger partial charge >= 0.3 is 5.97 Å². The number of hydrogen-bond donors (Lipinski definition) is 1. The third-order valence-electron chi connectivity index (χ3n) is 2.88. The summed E-state index contributed by atoms with van der Waals surface area (Å²) in [7, 11) is 1.46. The molecule has 7 nitrogen and oxygen atoms in total. The summed E-state index contributed by atoms with van der Waals surface area (Å²) in [6, 6.07) is -0.582. The normalized spacial score (nSPS) is 13.2. The van der Waals surface area contributed by atoms with Crippen LogP contribution in [0.2, 0.25) is 0 Å². The van der Waals surface area contributed by atoms with E-state index in [1.807, 2.05) is 0 Å². The Kier molecular flexibility index (Phi) is 3.50. The van der Waals surface area contributed by atoms with E-state index in [-0.39, 0.29) is 5.91 Å². The highest BCUT2D eigenvalue weighted by molar-refractivity contribution is 5.87. The summed E-state index contributed by atoms with van der Waals surface area (Å²) in [4.78, 5) is 28.1. The average molecular weight is 240 g/mol. The van der Waals surface area contributed by atoms with Crippen LogP contribution < -0.4 is 0 Å². The molecule has 0 fully saturated rings. The third-order valence-corrected chi connectivity index (χ3v) is 2.88. The molecular formula is C10H16N4O3. The van der Waals surface area contributed by atoms with Gasteiger partial charge in [-0.15, -0.1) is 0 Å². The van der Waals surface area contributed by atoms with Crippen LogP contribution in [0.25, 0.3) is 0 Å². The van der Waals surface area contributed by atoms with Gasteiger partial charge in [0.25, 0.3) is 0 Å². The van der Waals surface area contributed by atoms with Crippen LogP contribution in [-0.4, -0.2) is 49.2 Å². The van der Waals surface area contributed by atoms with E-state index in [2.05, 4.69) is 10.1 Å². The lowest BCUT2D eigenvalue weighted by molar-refractivity contribution is -0.156. The number of carbonyl (C=O) groups excluding carboxylic acids is 1. The largest absolute Gasteiger partial charge is 0.480 e. The molecule has 1 atom stereocenters. The Morgan fingerprint density at radius 3 is 2.47 bits per heavy atom. The lowest BCUT2D eigenvalue weighted by Crippen LogP contribution is -2.52. The molecular weight excluding hydrogens is 224 g/mol. The molecule has 1 heterocycles. The minimum absolute atomic E-state index is 0.331. The van der Waals surface area contributed by atoms with Crippen LogP contribution in [0.15, 0.2) is 12.7 Å². The van der Waals surface area contributed by atoms with Gasteiger partial charge in [0.05, 0.1) is 0 Å². The lowest BCUT2D eigenvalue weighted by Gasteiger charge is -2.33. The van der Waals surface area contributed by atoms with Crippen LogP contribution in [0.4, 0.5) is 0 Å². The minimum Gasteiger partial charge on any atom is -0.480 e. The van der Waals surface area contributed by atoms with Crippen molar-refractivity contribution in [2.45, 2.75) is 32.4 Å². The quantitative estimate of drug-likeness (QED) is 0.809. The number of carboxylic acid groups (broad SMARTS) is 1. The second-order valence-electron chi connectivity index (χ2n) is 4.31. The second kappa shape index (κ2) is 4.52. The molecule has 94 valence electrons. The Labute approximate surface area is 99.1 Å². The van der Waals surface area contributed by atoms with Crippen molar-refractivity contribution in [3.8, 4) is 0 Å². The standard InChI is InChI=1S/C10H16N4O3/c1-7(14-6-11-5-12-14)8(15)13(4)10(2,3)9(16)17/h5-7H,1-4H3,(H,16,17). The summed E-state index contributed by atoms with van der Waals surface area (Å²) >= 11 is 0. The van der Waals surface area contributed by atoms with E-state index in [1.165, 1.54) is 43.1 Å². The summed E-state index contributed by atoms with van der Waals surface area (Å²) in [6.07, 6.45) is 2.75. The van der Waals surface area contributed by atoms with Gasteiger partial charge in [0.1, 0.15) is 24.2 Å². The number of nitrogens with zero attached hydrogens (tertiary/aromatic N) is 4. The molecule has 0 bridgehead atoms. The molecule has 17 heavy (non-hydrogen) atoms. The van der Waals surface area contributed by atoms with Crippen molar-refractivity contribution in [1.29, 1.82) is 0 Å². The Morgan fingerprint density at radius 2 is 2.06 bits per heavy atom. The van der Waals surface area contributed by atoms with Crippen molar-refractivity contribution in [2.24, 2.45) is 0 Å². The molecule has 1 aromatic rings. The number of aliphatic carboxylic acids is 1. The molecule has 0 spiro atoms. The molecule has 0 saturated heterocycles. The maximum Gasteiger partial charge on any atom is 0.329 e. The summed E-state index contributed by atoms with van der Waals surface area (Å²) < 4.78 is 1.39. The lowest BCUT2D eigenvalue weighted by atomic mass is 10.0. The number of amides is 1. The van der Waals surface area contributed by atoms with Crippen LogP contribution in [0.1, 0.15) is 26.8 Å². The fourth-order valence-corrected chi connectivity index (χ4v) is 1.23. The van der Waals surface area contributed by atoms with E-state index in [0.29, 0.717) is 0 Å². The molecule has 0 aromatic carbocycles. The molecule has 1 amide bonds. The molecule has 0 aliphatic rings. The van der Waals surface area contributed by atoms with E-state index in [0.717, 1.165) is 0 Å². The Morgan fingerprint density at radius 1 is 1.47 bits per heavy atom. The van der Waals surface area contributed by atoms with Crippen molar-refractivity contribution in [3.05, 3.63) is 12.7 Å². The molecule has 0 radical (unpaired) electrons. The maximum atomic E-state index is 12.1. The van der Waals surface area contributed by atoms with E-state index in [1.54, 1.807) is 6.92 Å². The van der Waals surface area contributed by atoms with Crippen LogP contribution in [0.3, 0.4) is 0 Å². The van der Waals surface area contributed by atoms with Crippen molar-refractivity contribution in [1.82, 2.24) is 19.7 Å². The highest BCUT2D eigenvalue weighted by Gasteiger charge is 2.37. The fraction of sp³-hybridized carbons (Fsp3) is 0.600. The van der Waals surface area contributed by atoms with Crippen molar-refractivity contribution >= 4 is 11.9 Å². The van der Waals surface area contributed by atoms with Crippen LogP contribution in [0.5, 0.6) is 0 Å². The summed E-state index contributed by atoms with van der Waals surface area (Å²) in [5, 5.41) is 12.9. The van der Waals surface area contributed by atoms with E-state index < -0.39 is 17.6 Å². The molecule has 0 aliphatic heterocycles. The number of carbonyl (C=O) groups is 2. The van der Waals surface area contributed by atoms with Gasteiger partial charge in [-0.25, -0.2) is 14.5 Å². The SMILES string of the molecule is CC(C(=O)N(C)C(C)(C)C(=O)O)n1cncn1. The van der Waals surface area contributed by atoms with E-state index in [4.69, 9.17) is 5.11 Å². The molecule has 0 aliphatic carbocycles. The number of rotatable bonds is 4. The van der Waals surface area contributed by atoms with Gasteiger partial charge in [-0.2, -0.15) is 5.10 Å². The highest BCUT2D eigenvalue weighted by Crippen LogP contribution is 2.17. The van der Waals surface area contributed by atoms with E-state index >= 15 is 0 Å². The zero-order valence-electron chi connectivity index (χ0n) is 10.3. The van der Waals surface area contributed by atoms with Gasteiger partial charge in [0.2, 0.25) is 5.91 Å². The van der Waals surface area contributed by atoms with Crippen molar-refractivity contribution in [3.63, 3.8) is 0 Å². The Balaban J connectivity index is 2.87. The van der Waals surface area contributed by atoms with Crippen LogP contribution >= 0.6 is 0 Å². The summed E-state index contributed by atoms with van der Waals surface area (Å²) in [6.45, 7) is 4.59. The first kappa shape index (κ1) is 13.1. The highest BCUT2D eigenvalue weighted by atomic mass is 16.4. The predicted molar refractivity (Wildman–Crippen MR) is 59.2 cm³/mol. The van der Waals surface area contributed by atoms with Gasteiger partial charge in [-0.3, -0.25) is 4.79 Å². The Bertz CT molecular complexity index is 413. The number of hydrogen-bond acceptors (Lipinski definition) is 4. The van der Waals surface area contributed by atoms with Crippen molar-refractivity contribution < 1.29 is 14.7 Å². The van der Waals surface area contributed by atoms with Gasteiger partial charge in [-0.05, 0) is 20.8 Å². The first-order chi connectivity index (χ1) is 7.78. The molecule has 1 unspecified atom stereocenters. The fourth-order valence-electron chi connectivity index (χ4n) is 1.23. The third kappa shape index (κ3) is 2.43. The average Bonchev–Trinajstić information content (AvgIpc) is 2.79. The maximum absolute atomic E-state index is 12.1. The summed E-state index contributed by atoms with van der Waals surface area (Å²) in [5.74, 6) is -1.39. The zero-order chi connectivity index (χ0) is 13.2. The predicted octanol–water partition coefficient (Wildman–Crippen LogP) is 0.161. The molecule has 0 saturated carbocycles. The smallest absolute Gasteiger partial charge is 0.329 e. The molecule has 1 aromatic heterocycles. The second-order valence-corrected chi connectivity index (χ2v) is 4.31. The number of carboxylic acids is 1. The van der Waals surface area contributed by atoms with Gasteiger partial charge in [-0.1, -0.05) is 0 Å². The molecule has 7 heteroatoms. The first-order valence-corrected chi connectivity index (χ1v) is 5.13. The van der Waals surface area contributed by atoms with Gasteiger partial charge in [0, 0.05) is 7.05 Å². The Hall–Kier alpha value is -1.92.